The van der Waals surface area contributed by atoms with Crippen LogP contribution in [0, 0.1) is 0 Å². The lowest BCUT2D eigenvalue weighted by Crippen LogP contribution is -2.00. The topological polar surface area (TPSA) is 39.9 Å². The van der Waals surface area contributed by atoms with Crippen molar-refractivity contribution in [2.45, 2.75) is 38.5 Å². The second-order valence-corrected chi connectivity index (χ2v) is 7.92. The number of hydrogen-bond donors (Lipinski definition) is 0. The molecule has 0 atom stereocenters. The van der Waals surface area contributed by atoms with Crippen LogP contribution in [0.1, 0.15) is 48.9 Å². The first-order valence-electron chi connectivity index (χ1n) is 10.5. The van der Waals surface area contributed by atoms with Gasteiger partial charge in [-0.1, -0.05) is 31.2 Å². The van der Waals surface area contributed by atoms with Crippen LogP contribution in [0.4, 0.5) is 8.78 Å². The summed E-state index contributed by atoms with van der Waals surface area (Å²) in [6, 6.07) is 16.8. The van der Waals surface area contributed by atoms with Gasteiger partial charge >= 0.3 is 0 Å². The molecular weight excluding hydrogens is 396 g/mol. The van der Waals surface area contributed by atoms with E-state index < -0.39 is 6.43 Å². The molecule has 0 aliphatic heterocycles. The van der Waals surface area contributed by atoms with Gasteiger partial charge in [-0.05, 0) is 55.2 Å². The van der Waals surface area contributed by atoms with Gasteiger partial charge in [-0.25, -0.2) is 18.4 Å². The molecule has 1 aliphatic rings. The van der Waals surface area contributed by atoms with Gasteiger partial charge in [-0.3, -0.25) is 0 Å². The Labute approximate surface area is 179 Å². The number of rotatable bonds is 6. The molecule has 0 radical (unpaired) electrons. The van der Waals surface area contributed by atoms with Crippen molar-refractivity contribution in [2.24, 2.45) is 0 Å². The minimum Gasteiger partial charge on any atom is -0.497 e. The molecule has 1 saturated carbocycles. The van der Waals surface area contributed by atoms with E-state index in [2.05, 4.69) is 6.92 Å². The summed E-state index contributed by atoms with van der Waals surface area (Å²) in [5.41, 5.74) is 4.50. The Bertz CT molecular complexity index is 1230. The first-order valence-corrected chi connectivity index (χ1v) is 10.5. The zero-order valence-corrected chi connectivity index (χ0v) is 17.5. The minimum absolute atomic E-state index is 0.00114. The molecular formula is C25H23F2N3O. The first kappa shape index (κ1) is 19.7. The highest BCUT2D eigenvalue weighted by Crippen LogP contribution is 2.45. The summed E-state index contributed by atoms with van der Waals surface area (Å²) in [4.78, 5) is 4.83. The number of fused-ring (bicyclic) bond motifs is 1. The predicted molar refractivity (Wildman–Crippen MR) is 117 cm³/mol. The molecule has 1 fully saturated rings. The van der Waals surface area contributed by atoms with E-state index in [0.29, 0.717) is 16.7 Å². The molecule has 158 valence electrons. The maximum atomic E-state index is 14.2. The molecule has 2 heterocycles. The van der Waals surface area contributed by atoms with Gasteiger partial charge < -0.3 is 4.74 Å². The SMILES string of the molecule is CCc1ccc(-c2cc(C(F)F)c3c(C4CC4)nn(-c4ccc(OC)cc4)c3n2)cc1. The fraction of sp³-hybridized carbons (Fsp3) is 0.280. The second-order valence-electron chi connectivity index (χ2n) is 7.92. The van der Waals surface area contributed by atoms with Gasteiger partial charge in [0.05, 0.1) is 29.6 Å². The van der Waals surface area contributed by atoms with Crippen LogP contribution < -0.4 is 4.74 Å². The molecule has 0 amide bonds. The van der Waals surface area contributed by atoms with Crippen molar-refractivity contribution in [2.75, 3.05) is 7.11 Å². The molecule has 0 bridgehead atoms. The fourth-order valence-electron chi connectivity index (χ4n) is 3.95. The van der Waals surface area contributed by atoms with Gasteiger partial charge in [0.1, 0.15) is 5.75 Å². The number of nitrogens with zero attached hydrogens (tertiary/aromatic N) is 3. The number of alkyl halides is 2. The molecule has 2 aromatic carbocycles. The van der Waals surface area contributed by atoms with Crippen LogP contribution in [-0.4, -0.2) is 21.9 Å². The molecule has 4 aromatic rings. The molecule has 6 heteroatoms. The van der Waals surface area contributed by atoms with E-state index in [-0.39, 0.29) is 11.5 Å². The van der Waals surface area contributed by atoms with Gasteiger partial charge in [0.25, 0.3) is 6.43 Å². The molecule has 5 rings (SSSR count). The van der Waals surface area contributed by atoms with Crippen molar-refractivity contribution in [3.8, 4) is 22.7 Å². The highest BCUT2D eigenvalue weighted by molar-refractivity contribution is 5.87. The number of benzene rings is 2. The molecule has 0 spiro atoms. The standard InChI is InChI=1S/C25H23F2N3O/c1-3-15-4-6-16(7-5-15)21-14-20(24(26)27)22-23(17-8-9-17)29-30(25(22)28-21)18-10-12-19(31-2)13-11-18/h4-7,10-14,17,24H,3,8-9H2,1-2H3. The molecule has 1 aliphatic carbocycles. The average Bonchev–Trinajstić information content (AvgIpc) is 3.58. The van der Waals surface area contributed by atoms with Crippen LogP contribution in [0.15, 0.2) is 54.6 Å². The Balaban J connectivity index is 1.75. The van der Waals surface area contributed by atoms with Gasteiger partial charge in [0.15, 0.2) is 5.65 Å². The Kier molecular flexibility index (Phi) is 4.93. The summed E-state index contributed by atoms with van der Waals surface area (Å²) in [7, 11) is 1.61. The fourth-order valence-corrected chi connectivity index (χ4v) is 3.95. The zero-order valence-electron chi connectivity index (χ0n) is 17.5. The van der Waals surface area contributed by atoms with Crippen molar-refractivity contribution < 1.29 is 13.5 Å². The summed E-state index contributed by atoms with van der Waals surface area (Å²) in [5.74, 6) is 0.941. The average molecular weight is 419 g/mol. The van der Waals surface area contributed by atoms with E-state index >= 15 is 0 Å². The minimum atomic E-state index is -2.61. The summed E-state index contributed by atoms with van der Waals surface area (Å²) in [6.45, 7) is 2.08. The van der Waals surface area contributed by atoms with Gasteiger partial charge in [-0.2, -0.15) is 5.10 Å². The van der Waals surface area contributed by atoms with Crippen LogP contribution >= 0.6 is 0 Å². The number of aryl methyl sites for hydroxylation is 1. The predicted octanol–water partition coefficient (Wildman–Crippen LogP) is 6.47. The van der Waals surface area contributed by atoms with Crippen molar-refractivity contribution in [3.63, 3.8) is 0 Å². The number of aromatic nitrogens is 3. The van der Waals surface area contributed by atoms with E-state index in [1.807, 2.05) is 48.5 Å². The monoisotopic (exact) mass is 419 g/mol. The Morgan fingerprint density at radius 1 is 1.06 bits per heavy atom. The smallest absolute Gasteiger partial charge is 0.264 e. The van der Waals surface area contributed by atoms with Crippen LogP contribution in [0.25, 0.3) is 28.0 Å². The first-order chi connectivity index (χ1) is 15.1. The maximum Gasteiger partial charge on any atom is 0.264 e. The number of hydrogen-bond acceptors (Lipinski definition) is 3. The summed E-state index contributed by atoms with van der Waals surface area (Å²) >= 11 is 0. The van der Waals surface area contributed by atoms with E-state index in [1.165, 1.54) is 11.6 Å². The molecule has 0 N–H and O–H groups in total. The summed E-state index contributed by atoms with van der Waals surface area (Å²) in [6.07, 6.45) is 0.254. The van der Waals surface area contributed by atoms with Crippen molar-refractivity contribution in [1.82, 2.24) is 14.8 Å². The molecule has 4 nitrogen and oxygen atoms in total. The third-order valence-electron chi connectivity index (χ3n) is 5.87. The van der Waals surface area contributed by atoms with Crippen LogP contribution in [0.3, 0.4) is 0 Å². The second kappa shape index (κ2) is 7.76. The number of pyridine rings is 1. The van der Waals surface area contributed by atoms with Gasteiger partial charge in [0.2, 0.25) is 0 Å². The highest BCUT2D eigenvalue weighted by Gasteiger charge is 2.33. The third kappa shape index (κ3) is 3.56. The van der Waals surface area contributed by atoms with Crippen LogP contribution in [0.2, 0.25) is 0 Å². The number of methoxy groups -OCH3 is 1. The number of halogens is 2. The van der Waals surface area contributed by atoms with Gasteiger partial charge in [-0.15, -0.1) is 0 Å². The highest BCUT2D eigenvalue weighted by atomic mass is 19.3. The molecule has 31 heavy (non-hydrogen) atoms. The van der Waals surface area contributed by atoms with E-state index in [0.717, 1.165) is 42.0 Å². The van der Waals surface area contributed by atoms with E-state index in [1.54, 1.807) is 11.8 Å². The zero-order chi connectivity index (χ0) is 21.5. The number of ether oxygens (including phenoxy) is 1. The molecule has 0 unspecified atom stereocenters. The Morgan fingerprint density at radius 2 is 1.77 bits per heavy atom. The third-order valence-corrected chi connectivity index (χ3v) is 5.87. The van der Waals surface area contributed by atoms with Crippen molar-refractivity contribution in [1.29, 1.82) is 0 Å². The molecule has 0 saturated heterocycles. The Morgan fingerprint density at radius 3 is 2.35 bits per heavy atom. The summed E-state index contributed by atoms with van der Waals surface area (Å²) < 4.78 is 35.3. The summed E-state index contributed by atoms with van der Waals surface area (Å²) in [5, 5.41) is 5.25. The molecule has 2 aromatic heterocycles. The van der Waals surface area contributed by atoms with Gasteiger partial charge in [0, 0.05) is 17.0 Å². The lowest BCUT2D eigenvalue weighted by molar-refractivity contribution is 0.153. The van der Waals surface area contributed by atoms with Crippen LogP contribution in [-0.2, 0) is 6.42 Å². The van der Waals surface area contributed by atoms with E-state index in [4.69, 9.17) is 14.8 Å². The lowest BCUT2D eigenvalue weighted by atomic mass is 10.0. The van der Waals surface area contributed by atoms with E-state index in [9.17, 15) is 8.78 Å². The van der Waals surface area contributed by atoms with Crippen molar-refractivity contribution >= 4 is 11.0 Å². The van der Waals surface area contributed by atoms with Crippen molar-refractivity contribution in [3.05, 3.63) is 71.4 Å². The largest absolute Gasteiger partial charge is 0.497 e. The lowest BCUT2D eigenvalue weighted by Gasteiger charge is -2.10. The maximum absolute atomic E-state index is 14.2. The Hall–Kier alpha value is -3.28. The quantitative estimate of drug-likeness (QED) is 0.359. The normalized spacial score (nSPS) is 13.8. The van der Waals surface area contributed by atoms with Crippen LogP contribution in [0.5, 0.6) is 5.75 Å².